The number of hydrogen-bond acceptors (Lipinski definition) is 4. The van der Waals surface area contributed by atoms with Gasteiger partial charge in [-0.1, -0.05) is 13.8 Å². The lowest BCUT2D eigenvalue weighted by Gasteiger charge is -2.35. The predicted octanol–water partition coefficient (Wildman–Crippen LogP) is 1.76. The summed E-state index contributed by atoms with van der Waals surface area (Å²) in [6.07, 6.45) is 3.62. The summed E-state index contributed by atoms with van der Waals surface area (Å²) in [6, 6.07) is 1.66. The highest BCUT2D eigenvalue weighted by Crippen LogP contribution is 2.64. The molecule has 0 saturated heterocycles. The normalized spacial score (nSPS) is 31.9. The number of hydrogen-bond donors (Lipinski definition) is 0. The molecule has 0 spiro atoms. The zero-order valence-corrected chi connectivity index (χ0v) is 12.9. The first-order valence-electron chi connectivity index (χ1n) is 6.98. The molecule has 2 fully saturated rings. The molecule has 3 rings (SSSR count). The third-order valence-electron chi connectivity index (χ3n) is 5.55. The van der Waals surface area contributed by atoms with Crippen LogP contribution < -0.4 is 0 Å². The molecule has 1 aromatic rings. The van der Waals surface area contributed by atoms with E-state index < -0.39 is 15.4 Å². The number of aromatic nitrogens is 2. The Hall–Kier alpha value is -1.17. The van der Waals surface area contributed by atoms with Crippen LogP contribution in [0, 0.1) is 23.7 Å². The van der Waals surface area contributed by atoms with Gasteiger partial charge in [0.15, 0.2) is 0 Å². The van der Waals surface area contributed by atoms with Crippen molar-refractivity contribution in [2.24, 2.45) is 16.7 Å². The Labute approximate surface area is 119 Å². The Balaban J connectivity index is 2.00. The van der Waals surface area contributed by atoms with E-state index in [9.17, 15) is 13.2 Å². The lowest BCUT2D eigenvalue weighted by Crippen LogP contribution is -2.43. The standard InChI is InChI=1S/C14H20N2O3S/c1-10-5-7-16(15-10)20(18,19)9-14-6-4-11(8-12(14)17)13(14,2)3/h5,7,11H,4,6,8-9H2,1-3H3/t11-,14-/m0/s1. The van der Waals surface area contributed by atoms with E-state index in [0.29, 0.717) is 24.5 Å². The summed E-state index contributed by atoms with van der Waals surface area (Å²) in [5, 5.41) is 3.99. The van der Waals surface area contributed by atoms with E-state index >= 15 is 0 Å². The number of carbonyl (C=O) groups is 1. The third kappa shape index (κ3) is 1.63. The van der Waals surface area contributed by atoms with Gasteiger partial charge in [0.1, 0.15) is 5.78 Å². The minimum atomic E-state index is -3.59. The van der Waals surface area contributed by atoms with Crippen molar-refractivity contribution in [1.29, 1.82) is 0 Å². The summed E-state index contributed by atoms with van der Waals surface area (Å²) in [7, 11) is -3.59. The van der Waals surface area contributed by atoms with Crippen LogP contribution >= 0.6 is 0 Å². The van der Waals surface area contributed by atoms with Gasteiger partial charge in [-0.15, -0.1) is 0 Å². The first-order chi connectivity index (χ1) is 9.19. The average Bonchev–Trinajstić information content (AvgIpc) is 2.91. The summed E-state index contributed by atoms with van der Waals surface area (Å²) in [5.41, 5.74) is -0.303. The smallest absolute Gasteiger partial charge is 0.254 e. The number of carbonyl (C=O) groups excluding carboxylic acids is 1. The van der Waals surface area contributed by atoms with Crippen LogP contribution in [-0.2, 0) is 14.8 Å². The highest BCUT2D eigenvalue weighted by molar-refractivity contribution is 7.89. The Kier molecular flexibility index (Phi) is 2.71. The Morgan fingerprint density at radius 1 is 1.45 bits per heavy atom. The van der Waals surface area contributed by atoms with Gasteiger partial charge in [0.25, 0.3) is 10.0 Å². The summed E-state index contributed by atoms with van der Waals surface area (Å²) in [4.78, 5) is 12.4. The van der Waals surface area contributed by atoms with Gasteiger partial charge < -0.3 is 0 Å². The molecule has 2 aliphatic carbocycles. The minimum absolute atomic E-state index is 0.117. The van der Waals surface area contributed by atoms with Crippen molar-refractivity contribution in [2.45, 2.75) is 40.0 Å². The molecule has 0 N–H and O–H groups in total. The van der Waals surface area contributed by atoms with Gasteiger partial charge >= 0.3 is 0 Å². The minimum Gasteiger partial charge on any atom is -0.299 e. The van der Waals surface area contributed by atoms with Crippen molar-refractivity contribution in [1.82, 2.24) is 9.19 Å². The molecule has 1 heterocycles. The fraction of sp³-hybridized carbons (Fsp3) is 0.714. The molecule has 0 amide bonds. The van der Waals surface area contributed by atoms with Gasteiger partial charge in [0, 0.05) is 12.6 Å². The first-order valence-corrected chi connectivity index (χ1v) is 8.59. The molecule has 0 radical (unpaired) electrons. The number of ketones is 1. The van der Waals surface area contributed by atoms with E-state index in [1.54, 1.807) is 13.0 Å². The number of Topliss-reactive ketones (excluding diaryl/α,β-unsaturated/α-hetero) is 1. The van der Waals surface area contributed by atoms with Crippen LogP contribution in [0.2, 0.25) is 0 Å². The Morgan fingerprint density at radius 3 is 2.60 bits per heavy atom. The molecule has 0 aliphatic heterocycles. The maximum Gasteiger partial charge on any atom is 0.254 e. The monoisotopic (exact) mass is 296 g/mol. The first kappa shape index (κ1) is 13.8. The molecule has 1 aromatic heterocycles. The lowest BCUT2D eigenvalue weighted by atomic mass is 9.70. The topological polar surface area (TPSA) is 69.0 Å². The molecule has 2 aliphatic rings. The van der Waals surface area contributed by atoms with E-state index in [1.165, 1.54) is 6.20 Å². The second kappa shape index (κ2) is 3.93. The molecule has 2 bridgehead atoms. The maximum atomic E-state index is 12.6. The van der Waals surface area contributed by atoms with Gasteiger partial charge in [-0.3, -0.25) is 4.79 Å². The van der Waals surface area contributed by atoms with Crippen LogP contribution in [-0.4, -0.2) is 29.1 Å². The highest BCUT2D eigenvalue weighted by Gasteiger charge is 2.65. The van der Waals surface area contributed by atoms with Crippen molar-refractivity contribution >= 4 is 15.8 Å². The summed E-state index contributed by atoms with van der Waals surface area (Å²) < 4.78 is 26.2. The average molecular weight is 296 g/mol. The van der Waals surface area contributed by atoms with Gasteiger partial charge in [0.05, 0.1) is 16.9 Å². The molecule has 5 nitrogen and oxygen atoms in total. The van der Waals surface area contributed by atoms with Gasteiger partial charge in [-0.2, -0.15) is 9.19 Å². The second-order valence-corrected chi connectivity index (χ2v) is 8.58. The zero-order chi connectivity index (χ0) is 14.8. The Morgan fingerprint density at radius 2 is 2.15 bits per heavy atom. The molecule has 2 saturated carbocycles. The summed E-state index contributed by atoms with van der Waals surface area (Å²) >= 11 is 0. The molecule has 110 valence electrons. The molecule has 0 aromatic carbocycles. The van der Waals surface area contributed by atoms with E-state index in [0.717, 1.165) is 10.5 Å². The van der Waals surface area contributed by atoms with Crippen molar-refractivity contribution in [3.8, 4) is 0 Å². The van der Waals surface area contributed by atoms with Crippen LogP contribution in [0.25, 0.3) is 0 Å². The fourth-order valence-electron chi connectivity index (χ4n) is 4.03. The lowest BCUT2D eigenvalue weighted by molar-refractivity contribution is -0.128. The van der Waals surface area contributed by atoms with Crippen LogP contribution in [0.5, 0.6) is 0 Å². The number of rotatable bonds is 3. The van der Waals surface area contributed by atoms with Crippen molar-refractivity contribution in [3.05, 3.63) is 18.0 Å². The fourth-order valence-corrected chi connectivity index (χ4v) is 5.97. The zero-order valence-electron chi connectivity index (χ0n) is 12.1. The molecule has 2 atom stereocenters. The number of nitrogens with zero attached hydrogens (tertiary/aromatic N) is 2. The van der Waals surface area contributed by atoms with E-state index in [2.05, 4.69) is 5.10 Å². The van der Waals surface area contributed by atoms with Crippen LogP contribution in [0.4, 0.5) is 0 Å². The second-order valence-electron chi connectivity index (χ2n) is 6.75. The van der Waals surface area contributed by atoms with Crippen molar-refractivity contribution in [3.63, 3.8) is 0 Å². The predicted molar refractivity (Wildman–Crippen MR) is 74.7 cm³/mol. The van der Waals surface area contributed by atoms with Crippen LogP contribution in [0.15, 0.2) is 12.3 Å². The maximum absolute atomic E-state index is 12.6. The Bertz CT molecular complexity index is 674. The SMILES string of the molecule is Cc1ccn(S(=O)(=O)C[C@@]23CC[C@@H](CC2=O)C3(C)C)n1. The molecular formula is C14H20N2O3S. The molecule has 0 unspecified atom stereocenters. The number of fused-ring (bicyclic) bond motifs is 2. The summed E-state index contributed by atoms with van der Waals surface area (Å²) in [6.45, 7) is 5.83. The third-order valence-corrected chi connectivity index (χ3v) is 7.18. The largest absolute Gasteiger partial charge is 0.299 e. The summed E-state index contributed by atoms with van der Waals surface area (Å²) in [5.74, 6) is 0.319. The van der Waals surface area contributed by atoms with E-state index in [4.69, 9.17) is 0 Å². The van der Waals surface area contributed by atoms with Crippen LogP contribution in [0.3, 0.4) is 0 Å². The van der Waals surface area contributed by atoms with E-state index in [1.807, 2.05) is 13.8 Å². The number of aryl methyl sites for hydroxylation is 1. The van der Waals surface area contributed by atoms with Gasteiger partial charge in [-0.25, -0.2) is 8.42 Å². The molecule has 20 heavy (non-hydrogen) atoms. The van der Waals surface area contributed by atoms with Crippen molar-refractivity contribution < 1.29 is 13.2 Å². The quantitative estimate of drug-likeness (QED) is 0.852. The van der Waals surface area contributed by atoms with Crippen molar-refractivity contribution in [2.75, 3.05) is 5.75 Å². The van der Waals surface area contributed by atoms with Gasteiger partial charge in [-0.05, 0) is 37.2 Å². The highest BCUT2D eigenvalue weighted by atomic mass is 32.2. The van der Waals surface area contributed by atoms with Gasteiger partial charge in [0.2, 0.25) is 0 Å². The molecule has 6 heteroatoms. The molecular weight excluding hydrogens is 276 g/mol. The van der Waals surface area contributed by atoms with E-state index in [-0.39, 0.29) is 17.0 Å². The van der Waals surface area contributed by atoms with Crippen LogP contribution in [0.1, 0.15) is 38.8 Å².